The molecule has 1 aliphatic rings. The van der Waals surface area contributed by atoms with Crippen molar-refractivity contribution >= 4 is 47.9 Å². The predicted molar refractivity (Wildman–Crippen MR) is 174 cm³/mol. The Balaban J connectivity index is 1.43. The molecule has 0 N–H and O–H groups in total. The van der Waals surface area contributed by atoms with Gasteiger partial charge in [-0.1, -0.05) is 171 Å². The van der Waals surface area contributed by atoms with Gasteiger partial charge in [0, 0.05) is 5.92 Å². The van der Waals surface area contributed by atoms with Crippen molar-refractivity contribution in [2.75, 3.05) is 0 Å². The molecule has 1 aliphatic carbocycles. The largest absolute Gasteiger partial charge is 0.0763 e. The highest BCUT2D eigenvalue weighted by Gasteiger charge is 2.32. The Morgan fingerprint density at radius 3 is 1.46 bits per heavy atom. The Morgan fingerprint density at radius 2 is 0.949 bits per heavy atom. The minimum Gasteiger partial charge on any atom is -0.0763 e. The summed E-state index contributed by atoms with van der Waals surface area (Å²) in [5.41, 5.74) is 3.27. The van der Waals surface area contributed by atoms with Crippen LogP contribution in [0.1, 0.15) is 12.5 Å². The molecule has 0 spiro atoms. The lowest BCUT2D eigenvalue weighted by molar-refractivity contribution is 0.817. The van der Waals surface area contributed by atoms with E-state index in [0.29, 0.717) is 11.6 Å². The van der Waals surface area contributed by atoms with Crippen LogP contribution in [0.25, 0.3) is 5.57 Å². The number of hydrogen-bond acceptors (Lipinski definition) is 0. The predicted octanol–water partition coefficient (Wildman–Crippen LogP) is 7.54. The smallest absolute Gasteiger partial charge is 0.00982 e. The van der Waals surface area contributed by atoms with E-state index in [9.17, 15) is 0 Å². The van der Waals surface area contributed by atoms with Crippen LogP contribution in [0, 0.1) is 5.92 Å². The fourth-order valence-electron chi connectivity index (χ4n) is 5.63. The van der Waals surface area contributed by atoms with Gasteiger partial charge in [-0.3, -0.25) is 0 Å². The first kappa shape index (κ1) is 25.7. The molecule has 0 saturated carbocycles. The molecule has 2 heteroatoms. The fraction of sp³-hybridized carbons (Fsp3) is 0.0811. The molecule has 0 heterocycles. The zero-order valence-corrected chi connectivity index (χ0v) is 23.9. The van der Waals surface area contributed by atoms with E-state index in [4.69, 9.17) is 0 Å². The van der Waals surface area contributed by atoms with Crippen molar-refractivity contribution in [1.29, 1.82) is 0 Å². The Kier molecular flexibility index (Phi) is 7.97. The van der Waals surface area contributed by atoms with Crippen molar-refractivity contribution in [1.82, 2.24) is 0 Å². The highest BCUT2D eigenvalue weighted by atomic mass is 31.1. The third kappa shape index (κ3) is 5.46. The maximum Gasteiger partial charge on any atom is 0.00982 e. The molecule has 0 saturated heterocycles. The van der Waals surface area contributed by atoms with E-state index in [0.717, 1.165) is 0 Å². The summed E-state index contributed by atoms with van der Waals surface area (Å²) in [7, 11) is -1.23. The highest BCUT2D eigenvalue weighted by molar-refractivity contribution is 7.80. The van der Waals surface area contributed by atoms with Crippen LogP contribution in [-0.4, -0.2) is 5.66 Å². The first-order valence-electron chi connectivity index (χ1n) is 13.6. The average molecular weight is 539 g/mol. The Bertz CT molecular complexity index is 1480. The average Bonchev–Trinajstić information content (AvgIpc) is 3.50. The van der Waals surface area contributed by atoms with Gasteiger partial charge < -0.3 is 0 Å². The normalized spacial score (nSPS) is 15.5. The minimum absolute atomic E-state index is 0.348. The second-order valence-electron chi connectivity index (χ2n) is 9.84. The summed E-state index contributed by atoms with van der Waals surface area (Å²) in [6, 6.07) is 53.5. The topological polar surface area (TPSA) is 0 Å². The van der Waals surface area contributed by atoms with Gasteiger partial charge in [-0.2, -0.15) is 0 Å². The molecule has 0 amide bonds. The molecular formula is C37H32P2. The van der Waals surface area contributed by atoms with Gasteiger partial charge in [-0.15, -0.1) is 0 Å². The van der Waals surface area contributed by atoms with Gasteiger partial charge in [0.1, 0.15) is 0 Å². The molecule has 0 aliphatic heterocycles. The maximum absolute atomic E-state index is 2.46. The lowest BCUT2D eigenvalue weighted by Gasteiger charge is -2.32. The van der Waals surface area contributed by atoms with E-state index in [1.807, 2.05) is 0 Å². The molecule has 0 bridgehead atoms. The van der Waals surface area contributed by atoms with Crippen LogP contribution >= 0.6 is 15.8 Å². The third-order valence-corrected chi connectivity index (χ3v) is 12.8. The molecule has 190 valence electrons. The van der Waals surface area contributed by atoms with Gasteiger partial charge in [-0.25, -0.2) is 0 Å². The Morgan fingerprint density at radius 1 is 0.513 bits per heavy atom. The third-order valence-electron chi connectivity index (χ3n) is 7.43. The summed E-state index contributed by atoms with van der Waals surface area (Å²) >= 11 is 0. The Hall–Kier alpha value is -3.56. The second kappa shape index (κ2) is 12.1. The molecule has 0 fully saturated rings. The van der Waals surface area contributed by atoms with Crippen LogP contribution in [0.4, 0.5) is 0 Å². The zero-order chi connectivity index (χ0) is 26.4. The number of rotatable bonds is 8. The van der Waals surface area contributed by atoms with E-state index in [-0.39, 0.29) is 0 Å². The summed E-state index contributed by atoms with van der Waals surface area (Å²) in [5.74, 6) is 0.348. The number of allylic oxidation sites excluding steroid dienone is 4. The van der Waals surface area contributed by atoms with E-state index in [1.54, 1.807) is 0 Å². The first-order valence-corrected chi connectivity index (χ1v) is 16.3. The van der Waals surface area contributed by atoms with Crippen molar-refractivity contribution in [3.63, 3.8) is 0 Å². The van der Waals surface area contributed by atoms with Gasteiger partial charge in [0.25, 0.3) is 0 Å². The van der Waals surface area contributed by atoms with Crippen molar-refractivity contribution in [3.05, 3.63) is 169 Å². The van der Waals surface area contributed by atoms with Crippen LogP contribution in [0.15, 0.2) is 164 Å². The van der Waals surface area contributed by atoms with Gasteiger partial charge in [-0.05, 0) is 59.2 Å². The van der Waals surface area contributed by atoms with E-state index < -0.39 is 15.8 Å². The number of benzene rings is 5. The van der Waals surface area contributed by atoms with Gasteiger partial charge in [0.05, 0.1) is 0 Å². The lowest BCUT2D eigenvalue weighted by atomic mass is 9.93. The summed E-state index contributed by atoms with van der Waals surface area (Å²) < 4.78 is 0. The van der Waals surface area contributed by atoms with Gasteiger partial charge in [0.15, 0.2) is 0 Å². The molecular weight excluding hydrogens is 506 g/mol. The van der Waals surface area contributed by atoms with Crippen LogP contribution in [-0.2, 0) is 0 Å². The molecule has 2 atom stereocenters. The quantitative estimate of drug-likeness (QED) is 0.179. The molecule has 0 aromatic heterocycles. The van der Waals surface area contributed by atoms with E-state index in [1.165, 1.54) is 37.7 Å². The van der Waals surface area contributed by atoms with Gasteiger partial charge in [0.2, 0.25) is 0 Å². The SMILES string of the molecule is C[C@H](C1C=CC=C1c1ccccc1P(c1ccccc1)c1ccccc1)P(c1ccccc1)c1ccccc1. The standard InChI is InChI=1S/C37H32P2/c1-29(38(30-17-6-2-7-18-30)31-19-8-3-9-20-31)34-26-16-27-35(34)36-25-14-15-28-37(36)39(32-21-10-4-11-22-32)33-23-12-5-13-24-33/h2-29,34H,1H3/t29-,34?/m1/s1. The van der Waals surface area contributed by atoms with Crippen LogP contribution < -0.4 is 26.5 Å². The summed E-state index contributed by atoms with van der Waals surface area (Å²) in [6.45, 7) is 2.46. The molecule has 6 rings (SSSR count). The van der Waals surface area contributed by atoms with Crippen molar-refractivity contribution < 1.29 is 0 Å². The molecule has 5 aromatic rings. The molecule has 39 heavy (non-hydrogen) atoms. The van der Waals surface area contributed by atoms with E-state index >= 15 is 0 Å². The summed E-state index contributed by atoms with van der Waals surface area (Å²) in [6.07, 6.45) is 7.09. The van der Waals surface area contributed by atoms with Crippen LogP contribution in [0.5, 0.6) is 0 Å². The molecule has 1 unspecified atom stereocenters. The van der Waals surface area contributed by atoms with Crippen LogP contribution in [0.3, 0.4) is 0 Å². The first-order chi connectivity index (χ1) is 19.3. The second-order valence-corrected chi connectivity index (χ2v) is 14.6. The summed E-state index contributed by atoms with van der Waals surface area (Å²) in [4.78, 5) is 0. The number of hydrogen-bond donors (Lipinski definition) is 0. The zero-order valence-electron chi connectivity index (χ0n) is 22.1. The minimum atomic E-state index is -0.688. The van der Waals surface area contributed by atoms with E-state index in [2.05, 4.69) is 171 Å². The van der Waals surface area contributed by atoms with Gasteiger partial charge >= 0.3 is 0 Å². The molecule has 0 nitrogen and oxygen atoms in total. The highest BCUT2D eigenvalue weighted by Crippen LogP contribution is 2.49. The molecule has 0 radical (unpaired) electrons. The van der Waals surface area contributed by atoms with Crippen molar-refractivity contribution in [3.8, 4) is 0 Å². The summed E-state index contributed by atoms with van der Waals surface area (Å²) in [5, 5.41) is 7.09. The van der Waals surface area contributed by atoms with Crippen molar-refractivity contribution in [2.24, 2.45) is 5.92 Å². The lowest BCUT2D eigenvalue weighted by Crippen LogP contribution is -2.27. The fourth-order valence-corrected chi connectivity index (χ4v) is 10.9. The Labute approximate surface area is 235 Å². The van der Waals surface area contributed by atoms with Crippen LogP contribution in [0.2, 0.25) is 0 Å². The monoisotopic (exact) mass is 538 g/mol. The maximum atomic E-state index is 2.46. The van der Waals surface area contributed by atoms with Crippen molar-refractivity contribution in [2.45, 2.75) is 12.6 Å². The molecule has 5 aromatic carbocycles.